The highest BCUT2D eigenvalue weighted by molar-refractivity contribution is 7.98. The highest BCUT2D eigenvalue weighted by Gasteiger charge is 2.17. The first-order valence-corrected chi connectivity index (χ1v) is 9.26. The molecule has 0 bridgehead atoms. The van der Waals surface area contributed by atoms with Crippen LogP contribution in [0.1, 0.15) is 0 Å². The van der Waals surface area contributed by atoms with Crippen molar-refractivity contribution >= 4 is 17.6 Å². The normalized spacial score (nSPS) is 14.5. The third kappa shape index (κ3) is 4.30. The zero-order valence-corrected chi connectivity index (χ0v) is 14.6. The summed E-state index contributed by atoms with van der Waals surface area (Å²) in [5.74, 6) is 2.26. The lowest BCUT2D eigenvalue weighted by Gasteiger charge is -2.28. The summed E-state index contributed by atoms with van der Waals surface area (Å²) >= 11 is 1.67. The second-order valence-corrected chi connectivity index (χ2v) is 6.12. The van der Waals surface area contributed by atoms with Crippen molar-refractivity contribution in [2.24, 2.45) is 0 Å². The Kier molecular flexibility index (Phi) is 6.14. The van der Waals surface area contributed by atoms with Crippen LogP contribution in [0.15, 0.2) is 41.6 Å². The van der Waals surface area contributed by atoms with E-state index in [0.717, 1.165) is 42.6 Å². The minimum Gasteiger partial charge on any atom is -0.489 e. The molecule has 7 heteroatoms. The smallest absolute Gasteiger partial charge is 0.257 e. The van der Waals surface area contributed by atoms with Crippen molar-refractivity contribution in [2.75, 3.05) is 50.5 Å². The number of thioether (sulfide) groups is 1. The number of rotatable bonds is 7. The lowest BCUT2D eigenvalue weighted by atomic mass is 10.3. The maximum atomic E-state index is 5.82. The predicted octanol–water partition coefficient (Wildman–Crippen LogP) is 2.07. The molecule has 1 aromatic carbocycles. The van der Waals surface area contributed by atoms with Gasteiger partial charge in [-0.25, -0.2) is 9.97 Å². The Morgan fingerprint density at radius 1 is 1.08 bits per heavy atom. The van der Waals surface area contributed by atoms with Crippen LogP contribution in [0, 0.1) is 0 Å². The molecule has 0 aliphatic carbocycles. The summed E-state index contributed by atoms with van der Waals surface area (Å²) in [6.07, 6.45) is 5.40. The number of para-hydroxylation sites is 1. The number of piperazine rings is 1. The fourth-order valence-electron chi connectivity index (χ4n) is 2.54. The molecule has 1 aliphatic heterocycles. The van der Waals surface area contributed by atoms with Crippen LogP contribution in [0.5, 0.6) is 11.6 Å². The summed E-state index contributed by atoms with van der Waals surface area (Å²) < 4.78 is 11.6. The predicted molar refractivity (Wildman–Crippen MR) is 96.3 cm³/mol. The van der Waals surface area contributed by atoms with Gasteiger partial charge in [0.25, 0.3) is 5.88 Å². The molecular weight excluding hydrogens is 324 g/mol. The van der Waals surface area contributed by atoms with Gasteiger partial charge in [-0.2, -0.15) is 0 Å². The van der Waals surface area contributed by atoms with E-state index in [2.05, 4.69) is 20.2 Å². The van der Waals surface area contributed by atoms with Gasteiger partial charge in [0.05, 0.1) is 0 Å². The van der Waals surface area contributed by atoms with Crippen molar-refractivity contribution in [3.63, 3.8) is 0 Å². The van der Waals surface area contributed by atoms with Crippen LogP contribution in [-0.2, 0) is 0 Å². The first-order chi connectivity index (χ1) is 11.9. The molecule has 1 aromatic heterocycles. The monoisotopic (exact) mass is 346 g/mol. The van der Waals surface area contributed by atoms with E-state index in [1.54, 1.807) is 24.2 Å². The van der Waals surface area contributed by atoms with Gasteiger partial charge in [-0.1, -0.05) is 12.1 Å². The van der Waals surface area contributed by atoms with Crippen LogP contribution in [0.4, 0.5) is 5.82 Å². The SMILES string of the molecule is CSc1ccccc1OCCOc1nccnc1N1CCNCC1. The maximum Gasteiger partial charge on any atom is 0.257 e. The average Bonchev–Trinajstić information content (AvgIpc) is 2.66. The van der Waals surface area contributed by atoms with Crippen molar-refractivity contribution in [1.82, 2.24) is 15.3 Å². The first kappa shape index (κ1) is 16.9. The zero-order valence-electron chi connectivity index (χ0n) is 13.8. The van der Waals surface area contributed by atoms with Gasteiger partial charge in [-0.05, 0) is 18.4 Å². The average molecular weight is 346 g/mol. The maximum absolute atomic E-state index is 5.82. The molecule has 2 aromatic rings. The third-order valence-electron chi connectivity index (χ3n) is 3.71. The van der Waals surface area contributed by atoms with Crippen molar-refractivity contribution < 1.29 is 9.47 Å². The summed E-state index contributed by atoms with van der Waals surface area (Å²) in [5, 5.41) is 3.33. The molecular formula is C17H22N4O2S. The standard InChI is InChI=1S/C17H22N4O2S/c1-24-15-5-3-2-4-14(15)22-12-13-23-17-16(19-6-7-20-17)21-10-8-18-9-11-21/h2-7,18H,8-13H2,1H3. The fraction of sp³-hybridized carbons (Fsp3) is 0.412. The fourth-order valence-corrected chi connectivity index (χ4v) is 3.08. The number of anilines is 1. The van der Waals surface area contributed by atoms with Crippen LogP contribution >= 0.6 is 11.8 Å². The van der Waals surface area contributed by atoms with Gasteiger partial charge in [0.2, 0.25) is 0 Å². The van der Waals surface area contributed by atoms with E-state index in [4.69, 9.17) is 9.47 Å². The quantitative estimate of drug-likeness (QED) is 0.608. The number of aromatic nitrogens is 2. The number of nitrogens with one attached hydrogen (secondary N) is 1. The van der Waals surface area contributed by atoms with Crippen molar-refractivity contribution in [3.05, 3.63) is 36.7 Å². The molecule has 1 saturated heterocycles. The molecule has 6 nitrogen and oxygen atoms in total. The molecule has 128 valence electrons. The Balaban J connectivity index is 1.55. The molecule has 2 heterocycles. The molecule has 24 heavy (non-hydrogen) atoms. The molecule has 0 unspecified atom stereocenters. The highest BCUT2D eigenvalue weighted by atomic mass is 32.2. The van der Waals surface area contributed by atoms with Gasteiger partial charge in [-0.15, -0.1) is 11.8 Å². The van der Waals surface area contributed by atoms with Crippen molar-refractivity contribution in [3.8, 4) is 11.6 Å². The topological polar surface area (TPSA) is 59.5 Å². The molecule has 0 radical (unpaired) electrons. The molecule has 0 saturated carbocycles. The van der Waals surface area contributed by atoms with E-state index < -0.39 is 0 Å². The van der Waals surface area contributed by atoms with Gasteiger partial charge in [-0.3, -0.25) is 0 Å². The number of benzene rings is 1. The Bertz CT molecular complexity index is 650. The Morgan fingerprint density at radius 2 is 1.83 bits per heavy atom. The van der Waals surface area contributed by atoms with Crippen molar-refractivity contribution in [2.45, 2.75) is 4.90 Å². The Morgan fingerprint density at radius 3 is 2.67 bits per heavy atom. The number of hydrogen-bond donors (Lipinski definition) is 1. The van der Waals surface area contributed by atoms with Crippen LogP contribution in [0.25, 0.3) is 0 Å². The molecule has 0 amide bonds. The van der Waals surface area contributed by atoms with Crippen molar-refractivity contribution in [1.29, 1.82) is 0 Å². The summed E-state index contributed by atoms with van der Waals surface area (Å²) in [6, 6.07) is 8.00. The highest BCUT2D eigenvalue weighted by Crippen LogP contribution is 2.27. The molecule has 3 rings (SSSR count). The van der Waals surface area contributed by atoms with E-state index in [-0.39, 0.29) is 0 Å². The summed E-state index contributed by atoms with van der Waals surface area (Å²) in [4.78, 5) is 12.1. The zero-order chi connectivity index (χ0) is 16.6. The van der Waals surface area contributed by atoms with Gasteiger partial charge in [0.15, 0.2) is 5.82 Å². The number of ether oxygens (including phenoxy) is 2. The van der Waals surface area contributed by atoms with Crippen LogP contribution < -0.4 is 19.7 Å². The minimum atomic E-state index is 0.431. The second-order valence-electron chi connectivity index (χ2n) is 5.27. The van der Waals surface area contributed by atoms with E-state index in [0.29, 0.717) is 19.1 Å². The minimum absolute atomic E-state index is 0.431. The van der Waals surface area contributed by atoms with Crippen LogP contribution in [0.3, 0.4) is 0 Å². The second kappa shape index (κ2) is 8.75. The molecule has 1 aliphatic rings. The third-order valence-corrected chi connectivity index (χ3v) is 4.49. The van der Waals surface area contributed by atoms with Gasteiger partial charge < -0.3 is 19.7 Å². The van der Waals surface area contributed by atoms with E-state index in [1.807, 2.05) is 30.5 Å². The summed E-state index contributed by atoms with van der Waals surface area (Å²) in [6.45, 7) is 4.62. The number of hydrogen-bond acceptors (Lipinski definition) is 7. The Labute approximate surface area is 146 Å². The van der Waals surface area contributed by atoms with E-state index >= 15 is 0 Å². The largest absolute Gasteiger partial charge is 0.489 e. The molecule has 0 spiro atoms. The Hall–Kier alpha value is -1.99. The lowest BCUT2D eigenvalue weighted by Crippen LogP contribution is -2.44. The number of nitrogens with zero attached hydrogens (tertiary/aromatic N) is 3. The molecule has 0 atom stereocenters. The van der Waals surface area contributed by atoms with Crippen LogP contribution in [0.2, 0.25) is 0 Å². The van der Waals surface area contributed by atoms with E-state index in [1.165, 1.54) is 0 Å². The molecule has 1 N–H and O–H groups in total. The summed E-state index contributed by atoms with van der Waals surface area (Å²) in [7, 11) is 0. The van der Waals surface area contributed by atoms with Gasteiger partial charge in [0.1, 0.15) is 19.0 Å². The summed E-state index contributed by atoms with van der Waals surface area (Å²) in [5.41, 5.74) is 0. The first-order valence-electron chi connectivity index (χ1n) is 8.04. The van der Waals surface area contributed by atoms with E-state index in [9.17, 15) is 0 Å². The van der Waals surface area contributed by atoms with Gasteiger partial charge in [0, 0.05) is 43.5 Å². The van der Waals surface area contributed by atoms with Gasteiger partial charge >= 0.3 is 0 Å². The molecule has 1 fully saturated rings. The van der Waals surface area contributed by atoms with Crippen LogP contribution in [-0.4, -0.2) is 55.6 Å². The lowest BCUT2D eigenvalue weighted by molar-refractivity contribution is 0.209.